The fraction of sp³-hybridized carbons (Fsp3) is 0.364. The minimum absolute atomic E-state index is 0.148. The molecule has 3 aliphatic heterocycles. The zero-order valence-electron chi connectivity index (χ0n) is 16.2. The van der Waals surface area contributed by atoms with E-state index in [1.54, 1.807) is 14.2 Å². The Morgan fingerprint density at radius 3 is 1.61 bits per heavy atom. The molecule has 144 valence electrons. The van der Waals surface area contributed by atoms with E-state index in [4.69, 9.17) is 19.5 Å². The molecule has 2 N–H and O–H groups in total. The summed E-state index contributed by atoms with van der Waals surface area (Å²) < 4.78 is 11.6. The van der Waals surface area contributed by atoms with Gasteiger partial charge in [0.1, 0.15) is 12.2 Å². The van der Waals surface area contributed by atoms with Crippen LogP contribution < -0.4 is 0 Å². The molecule has 28 heavy (non-hydrogen) atoms. The summed E-state index contributed by atoms with van der Waals surface area (Å²) in [4.78, 5) is 16.7. The third kappa shape index (κ3) is 3.08. The number of hydrogen-bond donors (Lipinski definition) is 2. The van der Waals surface area contributed by atoms with Gasteiger partial charge in [-0.15, -0.1) is 0 Å². The van der Waals surface area contributed by atoms with Gasteiger partial charge in [0.05, 0.1) is 22.8 Å². The first kappa shape index (κ1) is 17.4. The van der Waals surface area contributed by atoms with Crippen LogP contribution in [0.5, 0.6) is 0 Å². The standard InChI is InChI=1S/C22H24N4O2/c1-27-21-17-7-3-13(23-17)11-15-5-9-19(25-15)22(28-2)20-10-6-16(26-20)12-14-4-8-18(21)24-14/h3,6-7,10-12,21-23,26H,4-5,8-9H2,1-2H3/b14-12-,15-11-. The number of hydrogen-bond acceptors (Lipinski definition) is 4. The third-order valence-corrected chi connectivity index (χ3v) is 5.60. The summed E-state index contributed by atoms with van der Waals surface area (Å²) in [5.41, 5.74) is 8.39. The van der Waals surface area contributed by atoms with E-state index in [0.717, 1.165) is 71.3 Å². The first-order valence-electron chi connectivity index (χ1n) is 9.73. The lowest BCUT2D eigenvalue weighted by molar-refractivity contribution is 0.153. The maximum Gasteiger partial charge on any atom is 0.135 e. The maximum atomic E-state index is 5.78. The van der Waals surface area contributed by atoms with Gasteiger partial charge in [-0.3, -0.25) is 9.98 Å². The number of aromatic amines is 2. The molecule has 0 saturated heterocycles. The molecule has 2 aromatic heterocycles. The molecule has 3 aliphatic rings. The van der Waals surface area contributed by atoms with E-state index in [1.807, 2.05) is 0 Å². The Kier molecular flexibility index (Phi) is 4.37. The Morgan fingerprint density at radius 1 is 0.714 bits per heavy atom. The molecule has 6 heteroatoms. The van der Waals surface area contributed by atoms with Crippen molar-refractivity contribution < 1.29 is 9.47 Å². The lowest BCUT2D eigenvalue weighted by atomic mass is 10.1. The number of nitrogens with one attached hydrogen (secondary N) is 2. The number of methoxy groups -OCH3 is 2. The van der Waals surface area contributed by atoms with Crippen molar-refractivity contribution in [2.75, 3.05) is 14.2 Å². The number of allylic oxidation sites excluding steroid dienone is 2. The fourth-order valence-electron chi connectivity index (χ4n) is 4.27. The molecule has 5 rings (SSSR count). The molecular formula is C22H24N4O2. The van der Waals surface area contributed by atoms with E-state index < -0.39 is 0 Å². The fourth-order valence-corrected chi connectivity index (χ4v) is 4.27. The molecule has 0 amide bonds. The molecule has 8 bridgehead atoms. The van der Waals surface area contributed by atoms with Crippen molar-refractivity contribution in [3.63, 3.8) is 0 Å². The van der Waals surface area contributed by atoms with E-state index in [0.29, 0.717) is 0 Å². The first-order chi connectivity index (χ1) is 13.7. The van der Waals surface area contributed by atoms with Crippen LogP contribution in [0.1, 0.15) is 60.7 Å². The minimum atomic E-state index is -0.148. The van der Waals surface area contributed by atoms with Gasteiger partial charge in [0.15, 0.2) is 0 Å². The molecule has 2 aromatic rings. The van der Waals surface area contributed by atoms with Crippen LogP contribution in [0.2, 0.25) is 0 Å². The summed E-state index contributed by atoms with van der Waals surface area (Å²) in [5, 5.41) is 0. The van der Waals surface area contributed by atoms with Gasteiger partial charge in [0.25, 0.3) is 0 Å². The smallest absolute Gasteiger partial charge is 0.135 e. The average molecular weight is 376 g/mol. The van der Waals surface area contributed by atoms with Crippen molar-refractivity contribution in [1.29, 1.82) is 0 Å². The highest BCUT2D eigenvalue weighted by molar-refractivity contribution is 5.94. The zero-order chi connectivity index (χ0) is 19.1. The number of nitrogens with zero attached hydrogens (tertiary/aromatic N) is 2. The predicted octanol–water partition coefficient (Wildman–Crippen LogP) is 4.58. The van der Waals surface area contributed by atoms with Gasteiger partial charge in [0.2, 0.25) is 0 Å². The average Bonchev–Trinajstić information content (AvgIpc) is 3.47. The molecule has 0 aliphatic carbocycles. The summed E-state index contributed by atoms with van der Waals surface area (Å²) >= 11 is 0. The Hall–Kier alpha value is -2.70. The van der Waals surface area contributed by atoms with Crippen molar-refractivity contribution in [3.05, 3.63) is 58.4 Å². The number of H-pyrrole nitrogens is 2. The van der Waals surface area contributed by atoms with Crippen LogP contribution in [0.3, 0.4) is 0 Å². The molecule has 2 atom stereocenters. The molecular weight excluding hydrogens is 352 g/mol. The molecule has 0 saturated carbocycles. The highest BCUT2D eigenvalue weighted by Crippen LogP contribution is 2.32. The number of aromatic nitrogens is 2. The quantitative estimate of drug-likeness (QED) is 0.805. The van der Waals surface area contributed by atoms with E-state index >= 15 is 0 Å². The van der Waals surface area contributed by atoms with Crippen LogP contribution in [-0.2, 0) is 9.47 Å². The first-order valence-corrected chi connectivity index (χ1v) is 9.73. The number of aliphatic imine (C=N–C) groups is 2. The molecule has 0 fully saturated rings. The molecule has 6 nitrogen and oxygen atoms in total. The minimum Gasteiger partial charge on any atom is -0.369 e. The number of fused-ring (bicyclic) bond motifs is 6. The van der Waals surface area contributed by atoms with E-state index in [9.17, 15) is 0 Å². The van der Waals surface area contributed by atoms with Gasteiger partial charge in [-0.2, -0.15) is 0 Å². The van der Waals surface area contributed by atoms with Crippen molar-refractivity contribution in [1.82, 2.24) is 9.97 Å². The third-order valence-electron chi connectivity index (χ3n) is 5.60. The SMILES string of the molecule is COC1C2=N/C(=C\c3ccc([nH]3)C(OC)C3=N/C(=C\c4ccc1[nH]4)CC3)CC2. The van der Waals surface area contributed by atoms with Crippen LogP contribution in [0, 0.1) is 0 Å². The van der Waals surface area contributed by atoms with Gasteiger partial charge >= 0.3 is 0 Å². The molecule has 0 radical (unpaired) electrons. The van der Waals surface area contributed by atoms with E-state index in [2.05, 4.69) is 46.4 Å². The summed E-state index contributed by atoms with van der Waals surface area (Å²) in [5.74, 6) is 0. The van der Waals surface area contributed by atoms with Crippen LogP contribution >= 0.6 is 0 Å². The molecule has 0 spiro atoms. The van der Waals surface area contributed by atoms with Crippen molar-refractivity contribution in [2.45, 2.75) is 37.9 Å². The zero-order valence-corrected chi connectivity index (χ0v) is 16.2. The van der Waals surface area contributed by atoms with Crippen LogP contribution in [-0.4, -0.2) is 35.6 Å². The van der Waals surface area contributed by atoms with E-state index in [1.165, 1.54) is 0 Å². The summed E-state index contributed by atoms with van der Waals surface area (Å²) in [6.07, 6.45) is 7.58. The van der Waals surface area contributed by atoms with Gasteiger partial charge in [-0.05, 0) is 62.1 Å². The number of ether oxygens (including phenoxy) is 2. The lowest BCUT2D eigenvalue weighted by Gasteiger charge is -2.13. The predicted molar refractivity (Wildman–Crippen MR) is 110 cm³/mol. The Labute approximate surface area is 164 Å². The monoisotopic (exact) mass is 376 g/mol. The largest absolute Gasteiger partial charge is 0.369 e. The molecule has 0 aromatic carbocycles. The second-order valence-corrected chi connectivity index (χ2v) is 7.45. The molecule has 5 heterocycles. The molecule has 2 unspecified atom stereocenters. The normalized spacial score (nSPS) is 27.6. The van der Waals surface area contributed by atoms with Gasteiger partial charge in [-0.25, -0.2) is 0 Å². The van der Waals surface area contributed by atoms with Gasteiger partial charge in [-0.1, -0.05) is 0 Å². The summed E-state index contributed by atoms with van der Waals surface area (Å²) in [6.45, 7) is 0. The van der Waals surface area contributed by atoms with Crippen LogP contribution in [0.15, 0.2) is 45.6 Å². The van der Waals surface area contributed by atoms with Crippen molar-refractivity contribution in [2.24, 2.45) is 9.98 Å². The Bertz CT molecular complexity index is 939. The highest BCUT2D eigenvalue weighted by Gasteiger charge is 2.26. The van der Waals surface area contributed by atoms with Gasteiger partial charge < -0.3 is 19.4 Å². The Morgan fingerprint density at radius 2 is 1.18 bits per heavy atom. The highest BCUT2D eigenvalue weighted by atomic mass is 16.5. The second-order valence-electron chi connectivity index (χ2n) is 7.45. The van der Waals surface area contributed by atoms with Crippen LogP contribution in [0.4, 0.5) is 0 Å². The van der Waals surface area contributed by atoms with Gasteiger partial charge in [0, 0.05) is 37.0 Å². The second kappa shape index (κ2) is 7.04. The van der Waals surface area contributed by atoms with Crippen molar-refractivity contribution >= 4 is 23.6 Å². The lowest BCUT2D eigenvalue weighted by Crippen LogP contribution is -2.13. The van der Waals surface area contributed by atoms with Crippen LogP contribution in [0.25, 0.3) is 12.2 Å². The Balaban J connectivity index is 1.63. The van der Waals surface area contributed by atoms with E-state index in [-0.39, 0.29) is 12.2 Å². The summed E-state index contributed by atoms with van der Waals surface area (Å²) in [7, 11) is 3.48. The maximum absolute atomic E-state index is 5.78. The number of rotatable bonds is 2. The summed E-state index contributed by atoms with van der Waals surface area (Å²) in [6, 6.07) is 8.32. The topological polar surface area (TPSA) is 74.8 Å². The van der Waals surface area contributed by atoms with Crippen molar-refractivity contribution in [3.8, 4) is 0 Å².